The quantitative estimate of drug-likeness (QED) is 0.868. The molecule has 1 aromatic rings. The summed E-state index contributed by atoms with van der Waals surface area (Å²) < 4.78 is 18.2. The fraction of sp³-hybridized carbons (Fsp3) is 0.533. The summed E-state index contributed by atoms with van der Waals surface area (Å²) in [4.78, 5) is 13.4. The van der Waals surface area contributed by atoms with Gasteiger partial charge in [0, 0.05) is 12.6 Å². The molecule has 0 spiro atoms. The molecule has 4 nitrogen and oxygen atoms in total. The second kappa shape index (κ2) is 7.24. The normalized spacial score (nSPS) is 11.2. The van der Waals surface area contributed by atoms with Crippen LogP contribution in [0.5, 0.6) is 5.75 Å². The summed E-state index contributed by atoms with van der Waals surface area (Å²) in [6.45, 7) is 7.20. The second-order valence-corrected chi connectivity index (χ2v) is 5.72. The van der Waals surface area contributed by atoms with E-state index in [9.17, 15) is 9.18 Å². The monoisotopic (exact) mass is 282 g/mol. The Morgan fingerprint density at radius 3 is 2.45 bits per heavy atom. The van der Waals surface area contributed by atoms with E-state index in [0.717, 1.165) is 0 Å². The lowest BCUT2D eigenvalue weighted by Gasteiger charge is -2.23. The van der Waals surface area contributed by atoms with Crippen molar-refractivity contribution >= 4 is 5.91 Å². The van der Waals surface area contributed by atoms with Crippen LogP contribution in [0.2, 0.25) is 0 Å². The highest BCUT2D eigenvalue weighted by atomic mass is 19.1. The molecule has 1 rings (SSSR count). The fourth-order valence-electron chi connectivity index (χ4n) is 1.43. The van der Waals surface area contributed by atoms with E-state index in [-0.39, 0.29) is 17.3 Å². The second-order valence-electron chi connectivity index (χ2n) is 5.72. The number of carbonyl (C=O) groups excluding carboxylic acids is 1. The summed E-state index contributed by atoms with van der Waals surface area (Å²) in [6.07, 6.45) is 0. The zero-order valence-corrected chi connectivity index (χ0v) is 12.6. The van der Waals surface area contributed by atoms with Crippen LogP contribution >= 0.6 is 0 Å². The van der Waals surface area contributed by atoms with E-state index < -0.39 is 0 Å². The molecule has 0 fully saturated rings. The summed E-state index contributed by atoms with van der Waals surface area (Å²) >= 11 is 0. The van der Waals surface area contributed by atoms with Gasteiger partial charge in [0.15, 0.2) is 0 Å². The Morgan fingerprint density at radius 2 is 1.90 bits per heavy atom. The summed E-state index contributed by atoms with van der Waals surface area (Å²) in [5.41, 5.74) is -0.0822. The van der Waals surface area contributed by atoms with Crippen molar-refractivity contribution in [2.45, 2.75) is 26.3 Å². The number of nitrogens with zero attached hydrogens (tertiary/aromatic N) is 1. The summed E-state index contributed by atoms with van der Waals surface area (Å²) in [7, 11) is 1.74. The van der Waals surface area contributed by atoms with Crippen LogP contribution in [-0.4, -0.2) is 43.1 Å². The van der Waals surface area contributed by atoms with Crippen LogP contribution < -0.4 is 10.1 Å². The molecule has 0 aliphatic carbocycles. The van der Waals surface area contributed by atoms with Gasteiger partial charge in [-0.15, -0.1) is 0 Å². The maximum atomic E-state index is 12.7. The van der Waals surface area contributed by atoms with Crippen molar-refractivity contribution in [3.8, 4) is 5.75 Å². The van der Waals surface area contributed by atoms with Crippen LogP contribution in [0.4, 0.5) is 4.39 Å². The van der Waals surface area contributed by atoms with Crippen molar-refractivity contribution in [3.63, 3.8) is 0 Å². The predicted molar refractivity (Wildman–Crippen MR) is 77.3 cm³/mol. The number of ether oxygens (including phenoxy) is 1. The van der Waals surface area contributed by atoms with Gasteiger partial charge in [0.25, 0.3) is 0 Å². The predicted octanol–water partition coefficient (Wildman–Crippen LogP) is 2.05. The van der Waals surface area contributed by atoms with Gasteiger partial charge in [0.1, 0.15) is 18.2 Å². The Balaban J connectivity index is 2.27. The third kappa shape index (κ3) is 6.52. The van der Waals surface area contributed by atoms with Crippen LogP contribution in [0.1, 0.15) is 20.8 Å². The third-order valence-corrected chi connectivity index (χ3v) is 2.70. The minimum Gasteiger partial charge on any atom is -0.492 e. The largest absolute Gasteiger partial charge is 0.492 e. The molecule has 1 amide bonds. The zero-order chi connectivity index (χ0) is 15.2. The van der Waals surface area contributed by atoms with Crippen LogP contribution in [-0.2, 0) is 4.79 Å². The number of rotatable bonds is 6. The Kier molecular flexibility index (Phi) is 5.95. The first kappa shape index (κ1) is 16.4. The molecular formula is C15H23FN2O2. The molecule has 0 saturated carbocycles. The zero-order valence-electron chi connectivity index (χ0n) is 12.6. The number of halogens is 1. The highest BCUT2D eigenvalue weighted by molar-refractivity contribution is 5.78. The van der Waals surface area contributed by atoms with Crippen molar-refractivity contribution in [2.24, 2.45) is 0 Å². The first-order chi connectivity index (χ1) is 9.28. The molecule has 0 saturated heterocycles. The maximum Gasteiger partial charge on any atom is 0.236 e. The van der Waals surface area contributed by atoms with E-state index in [1.54, 1.807) is 24.1 Å². The summed E-state index contributed by atoms with van der Waals surface area (Å²) in [6, 6.07) is 5.82. The fourth-order valence-corrected chi connectivity index (χ4v) is 1.43. The van der Waals surface area contributed by atoms with Gasteiger partial charge in [-0.2, -0.15) is 0 Å². The SMILES string of the molecule is CN(CCOc1ccc(F)cc1)C(=O)CNC(C)(C)C. The molecule has 0 radical (unpaired) electrons. The van der Waals surface area contributed by atoms with Crippen molar-refractivity contribution < 1.29 is 13.9 Å². The van der Waals surface area contributed by atoms with Gasteiger partial charge in [0.2, 0.25) is 5.91 Å². The first-order valence-electron chi connectivity index (χ1n) is 6.65. The number of carbonyl (C=O) groups is 1. The van der Waals surface area contributed by atoms with Gasteiger partial charge in [-0.3, -0.25) is 4.79 Å². The molecule has 5 heteroatoms. The van der Waals surface area contributed by atoms with Crippen molar-refractivity contribution in [2.75, 3.05) is 26.7 Å². The topological polar surface area (TPSA) is 41.6 Å². The first-order valence-corrected chi connectivity index (χ1v) is 6.65. The number of amides is 1. The van der Waals surface area contributed by atoms with Gasteiger partial charge in [0.05, 0.1) is 13.1 Å². The Hall–Kier alpha value is -1.62. The van der Waals surface area contributed by atoms with E-state index in [0.29, 0.717) is 25.4 Å². The van der Waals surface area contributed by atoms with Crippen molar-refractivity contribution in [1.29, 1.82) is 0 Å². The van der Waals surface area contributed by atoms with Gasteiger partial charge < -0.3 is 15.0 Å². The van der Waals surface area contributed by atoms with E-state index in [4.69, 9.17) is 4.74 Å². The molecule has 0 unspecified atom stereocenters. The Morgan fingerprint density at radius 1 is 1.30 bits per heavy atom. The number of nitrogens with one attached hydrogen (secondary N) is 1. The number of hydrogen-bond acceptors (Lipinski definition) is 3. The highest BCUT2D eigenvalue weighted by Crippen LogP contribution is 2.10. The van der Waals surface area contributed by atoms with Crippen molar-refractivity contribution in [3.05, 3.63) is 30.1 Å². The molecule has 0 atom stereocenters. The van der Waals surface area contributed by atoms with Gasteiger partial charge in [-0.05, 0) is 45.0 Å². The molecular weight excluding hydrogens is 259 g/mol. The van der Waals surface area contributed by atoms with Crippen molar-refractivity contribution in [1.82, 2.24) is 10.2 Å². The lowest BCUT2D eigenvalue weighted by atomic mass is 10.1. The van der Waals surface area contributed by atoms with Crippen LogP contribution in [0.25, 0.3) is 0 Å². The van der Waals surface area contributed by atoms with E-state index in [1.165, 1.54) is 12.1 Å². The number of benzene rings is 1. The lowest BCUT2D eigenvalue weighted by Crippen LogP contribution is -2.44. The molecule has 0 aliphatic heterocycles. The maximum absolute atomic E-state index is 12.7. The highest BCUT2D eigenvalue weighted by Gasteiger charge is 2.14. The van der Waals surface area contributed by atoms with Crippen LogP contribution in [0.3, 0.4) is 0 Å². The molecule has 0 aliphatic rings. The molecule has 0 bridgehead atoms. The minimum atomic E-state index is -0.294. The standard InChI is InChI=1S/C15H23FN2O2/c1-15(2,3)17-11-14(19)18(4)9-10-20-13-7-5-12(16)6-8-13/h5-8,17H,9-11H2,1-4H3. The smallest absolute Gasteiger partial charge is 0.236 e. The van der Waals surface area contributed by atoms with E-state index in [2.05, 4.69) is 5.32 Å². The van der Waals surface area contributed by atoms with E-state index in [1.807, 2.05) is 20.8 Å². The van der Waals surface area contributed by atoms with Crippen LogP contribution in [0.15, 0.2) is 24.3 Å². The average Bonchev–Trinajstić information content (AvgIpc) is 2.37. The Bertz CT molecular complexity index is 426. The van der Waals surface area contributed by atoms with Gasteiger partial charge in [-0.1, -0.05) is 0 Å². The molecule has 112 valence electrons. The summed E-state index contributed by atoms with van der Waals surface area (Å²) in [5, 5.41) is 3.14. The average molecular weight is 282 g/mol. The molecule has 1 N–H and O–H groups in total. The number of likely N-dealkylation sites (N-methyl/N-ethyl adjacent to an activating group) is 1. The lowest BCUT2D eigenvalue weighted by molar-refractivity contribution is -0.129. The number of hydrogen-bond donors (Lipinski definition) is 1. The van der Waals surface area contributed by atoms with Gasteiger partial charge in [-0.25, -0.2) is 4.39 Å². The van der Waals surface area contributed by atoms with Gasteiger partial charge >= 0.3 is 0 Å². The Labute approximate surface area is 119 Å². The van der Waals surface area contributed by atoms with E-state index >= 15 is 0 Å². The molecule has 20 heavy (non-hydrogen) atoms. The molecule has 0 aromatic heterocycles. The third-order valence-electron chi connectivity index (χ3n) is 2.70. The molecule has 1 aromatic carbocycles. The molecule has 0 heterocycles. The summed E-state index contributed by atoms with van der Waals surface area (Å²) in [5.74, 6) is 0.320. The minimum absolute atomic E-state index is 0.0163. The van der Waals surface area contributed by atoms with Crippen LogP contribution in [0, 0.1) is 5.82 Å².